The first kappa shape index (κ1) is 20.1. The fourth-order valence-corrected chi connectivity index (χ4v) is 3.62. The second kappa shape index (κ2) is 9.00. The average molecular weight is 381 g/mol. The Morgan fingerprint density at radius 2 is 1.68 bits per heavy atom. The van der Waals surface area contributed by atoms with Crippen LogP contribution in [0.1, 0.15) is 17.5 Å². The molecular formula is C23H32N4O. The summed E-state index contributed by atoms with van der Waals surface area (Å²) in [6.07, 6.45) is 0.527. The number of rotatable bonds is 6. The average Bonchev–Trinajstić information content (AvgIpc) is 2.70. The van der Waals surface area contributed by atoms with Crippen LogP contribution >= 0.6 is 0 Å². The third-order valence-electron chi connectivity index (χ3n) is 5.60. The molecule has 28 heavy (non-hydrogen) atoms. The zero-order chi connectivity index (χ0) is 20.1. The highest BCUT2D eigenvalue weighted by molar-refractivity contribution is 5.77. The number of hydrogen-bond donors (Lipinski definition) is 1. The largest absolute Gasteiger partial charge is 0.385 e. The molecule has 5 heteroatoms. The number of carbonyl (C=O) groups is 1. The number of benzene rings is 2. The molecule has 1 N–H and O–H groups in total. The highest BCUT2D eigenvalue weighted by atomic mass is 16.2. The molecule has 1 amide bonds. The van der Waals surface area contributed by atoms with Gasteiger partial charge in [-0.3, -0.25) is 4.79 Å². The van der Waals surface area contributed by atoms with Crippen LogP contribution in [0.5, 0.6) is 0 Å². The topological polar surface area (TPSA) is 38.8 Å². The Balaban J connectivity index is 1.44. The van der Waals surface area contributed by atoms with Crippen molar-refractivity contribution in [3.05, 3.63) is 53.6 Å². The quantitative estimate of drug-likeness (QED) is 0.832. The van der Waals surface area contributed by atoms with Crippen molar-refractivity contribution in [3.8, 4) is 0 Å². The summed E-state index contributed by atoms with van der Waals surface area (Å²) in [5.41, 5.74) is 6.18. The minimum atomic E-state index is 0.234. The molecule has 3 rings (SSSR count). The van der Waals surface area contributed by atoms with Crippen molar-refractivity contribution in [1.29, 1.82) is 0 Å². The lowest BCUT2D eigenvalue weighted by Gasteiger charge is -2.37. The fraction of sp³-hybridized carbons (Fsp3) is 0.435. The first-order valence-electron chi connectivity index (χ1n) is 10.1. The Hall–Kier alpha value is -2.69. The lowest BCUT2D eigenvalue weighted by Crippen LogP contribution is -2.49. The zero-order valence-corrected chi connectivity index (χ0v) is 17.5. The van der Waals surface area contributed by atoms with E-state index in [9.17, 15) is 4.79 Å². The Kier molecular flexibility index (Phi) is 6.45. The van der Waals surface area contributed by atoms with E-state index in [0.717, 1.165) is 31.9 Å². The molecule has 0 unspecified atom stereocenters. The van der Waals surface area contributed by atoms with Gasteiger partial charge < -0.3 is 20.0 Å². The molecule has 0 aromatic heterocycles. The molecule has 1 saturated heterocycles. The first-order chi connectivity index (χ1) is 13.5. The van der Waals surface area contributed by atoms with Gasteiger partial charge in [-0.25, -0.2) is 0 Å². The molecule has 0 aliphatic carbocycles. The molecule has 0 saturated carbocycles. The highest BCUT2D eigenvalue weighted by Gasteiger charge is 2.21. The zero-order valence-electron chi connectivity index (χ0n) is 17.5. The number of carbonyl (C=O) groups excluding carboxylic acids is 1. The van der Waals surface area contributed by atoms with E-state index in [2.05, 4.69) is 71.4 Å². The van der Waals surface area contributed by atoms with Gasteiger partial charge in [-0.15, -0.1) is 0 Å². The van der Waals surface area contributed by atoms with Gasteiger partial charge in [0.1, 0.15) is 0 Å². The third-order valence-corrected chi connectivity index (χ3v) is 5.60. The van der Waals surface area contributed by atoms with Crippen LogP contribution in [0.15, 0.2) is 42.5 Å². The van der Waals surface area contributed by atoms with Gasteiger partial charge in [0.15, 0.2) is 0 Å². The summed E-state index contributed by atoms with van der Waals surface area (Å²) in [4.78, 5) is 19.0. The van der Waals surface area contributed by atoms with Crippen molar-refractivity contribution < 1.29 is 4.79 Å². The van der Waals surface area contributed by atoms with E-state index in [4.69, 9.17) is 0 Å². The summed E-state index contributed by atoms with van der Waals surface area (Å²) >= 11 is 0. The predicted molar refractivity (Wildman–Crippen MR) is 119 cm³/mol. The molecular weight excluding hydrogens is 348 g/mol. The Morgan fingerprint density at radius 3 is 2.32 bits per heavy atom. The third kappa shape index (κ3) is 4.77. The van der Waals surface area contributed by atoms with Crippen molar-refractivity contribution in [2.45, 2.75) is 20.3 Å². The van der Waals surface area contributed by atoms with Crippen molar-refractivity contribution >= 4 is 23.0 Å². The number of piperazine rings is 1. The molecule has 1 fully saturated rings. The number of amides is 1. The van der Waals surface area contributed by atoms with Gasteiger partial charge in [-0.1, -0.05) is 12.1 Å². The van der Waals surface area contributed by atoms with E-state index >= 15 is 0 Å². The molecule has 2 aromatic rings. The number of nitrogens with one attached hydrogen (secondary N) is 1. The van der Waals surface area contributed by atoms with Gasteiger partial charge >= 0.3 is 0 Å². The second-order valence-electron chi connectivity index (χ2n) is 7.70. The van der Waals surface area contributed by atoms with Crippen molar-refractivity contribution in [1.82, 2.24) is 4.90 Å². The van der Waals surface area contributed by atoms with Crippen LogP contribution in [-0.2, 0) is 4.79 Å². The second-order valence-corrected chi connectivity index (χ2v) is 7.70. The van der Waals surface area contributed by atoms with Crippen LogP contribution < -0.4 is 15.1 Å². The summed E-state index contributed by atoms with van der Waals surface area (Å²) in [5, 5.41) is 3.35. The van der Waals surface area contributed by atoms with Crippen molar-refractivity contribution in [2.24, 2.45) is 0 Å². The summed E-state index contributed by atoms with van der Waals surface area (Å²) < 4.78 is 0. The molecule has 0 atom stereocenters. The van der Waals surface area contributed by atoms with Crippen molar-refractivity contribution in [2.75, 3.05) is 61.9 Å². The van der Waals surface area contributed by atoms with E-state index in [0.29, 0.717) is 13.0 Å². The monoisotopic (exact) mass is 380 g/mol. The maximum atomic E-state index is 12.6. The summed E-state index contributed by atoms with van der Waals surface area (Å²) in [5.74, 6) is 0.234. The van der Waals surface area contributed by atoms with Gasteiger partial charge in [0.25, 0.3) is 0 Å². The lowest BCUT2D eigenvalue weighted by molar-refractivity contribution is -0.131. The maximum absolute atomic E-state index is 12.6. The normalized spacial score (nSPS) is 14.1. The Bertz CT molecular complexity index is 793. The van der Waals surface area contributed by atoms with Gasteiger partial charge in [0.05, 0.1) is 0 Å². The highest BCUT2D eigenvalue weighted by Crippen LogP contribution is 2.24. The van der Waals surface area contributed by atoms with Crippen LogP contribution in [0.2, 0.25) is 0 Å². The molecule has 2 aromatic carbocycles. The van der Waals surface area contributed by atoms with Crippen molar-refractivity contribution in [3.63, 3.8) is 0 Å². The van der Waals surface area contributed by atoms with Gasteiger partial charge in [-0.05, 0) is 55.3 Å². The van der Waals surface area contributed by atoms with Crippen LogP contribution in [-0.4, -0.2) is 57.6 Å². The van der Waals surface area contributed by atoms with Crippen LogP contribution in [0.3, 0.4) is 0 Å². The van der Waals surface area contributed by atoms with Gasteiger partial charge in [0, 0.05) is 70.3 Å². The lowest BCUT2D eigenvalue weighted by atomic mass is 10.1. The van der Waals surface area contributed by atoms with E-state index < -0.39 is 0 Å². The predicted octanol–water partition coefficient (Wildman–Crippen LogP) is 3.52. The molecule has 1 aliphatic heterocycles. The Labute approximate surface area is 168 Å². The van der Waals surface area contributed by atoms with E-state index in [1.54, 1.807) is 0 Å². The van der Waals surface area contributed by atoms with E-state index in [-0.39, 0.29) is 5.91 Å². The number of hydrogen-bond acceptors (Lipinski definition) is 4. The van der Waals surface area contributed by atoms with Gasteiger partial charge in [0.2, 0.25) is 5.91 Å². The van der Waals surface area contributed by atoms with Crippen LogP contribution in [0, 0.1) is 13.8 Å². The number of nitrogens with zero attached hydrogens (tertiary/aromatic N) is 3. The first-order valence-corrected chi connectivity index (χ1v) is 10.1. The minimum Gasteiger partial charge on any atom is -0.385 e. The molecule has 150 valence electrons. The molecule has 0 spiro atoms. The summed E-state index contributed by atoms with van der Waals surface area (Å²) in [7, 11) is 4.06. The van der Waals surface area contributed by atoms with Crippen LogP contribution in [0.4, 0.5) is 17.1 Å². The summed E-state index contributed by atoms with van der Waals surface area (Å²) in [6, 6.07) is 14.7. The number of anilines is 3. The molecule has 0 radical (unpaired) electrons. The van der Waals surface area contributed by atoms with Crippen LogP contribution in [0.25, 0.3) is 0 Å². The maximum Gasteiger partial charge on any atom is 0.224 e. The molecule has 0 bridgehead atoms. The minimum absolute atomic E-state index is 0.234. The molecule has 1 heterocycles. The van der Waals surface area contributed by atoms with E-state index in [1.807, 2.05) is 19.0 Å². The molecule has 1 aliphatic rings. The number of aryl methyl sites for hydroxylation is 1. The fourth-order valence-electron chi connectivity index (χ4n) is 3.62. The van der Waals surface area contributed by atoms with E-state index in [1.165, 1.54) is 22.5 Å². The van der Waals surface area contributed by atoms with Gasteiger partial charge in [-0.2, -0.15) is 0 Å². The summed E-state index contributed by atoms with van der Waals surface area (Å²) in [6.45, 7) is 8.38. The molecule has 5 nitrogen and oxygen atoms in total. The Morgan fingerprint density at radius 1 is 1.00 bits per heavy atom. The smallest absolute Gasteiger partial charge is 0.224 e. The SMILES string of the molecule is Cc1cccc(N2CCN(C(=O)CCNc3ccc(N(C)C)cc3)CC2)c1C. The standard InChI is InChI=1S/C23H32N4O/c1-18-6-5-7-22(19(18)2)26-14-16-27(17-15-26)23(28)12-13-24-20-8-10-21(11-9-20)25(3)4/h5-11,24H,12-17H2,1-4H3.